The Bertz CT molecular complexity index is 424. The Balaban J connectivity index is 1.95. The van der Waals surface area contributed by atoms with E-state index < -0.39 is 0 Å². The van der Waals surface area contributed by atoms with E-state index in [1.807, 2.05) is 7.05 Å². The van der Waals surface area contributed by atoms with Crippen LogP contribution in [0.3, 0.4) is 0 Å². The third-order valence-electron chi connectivity index (χ3n) is 3.08. The summed E-state index contributed by atoms with van der Waals surface area (Å²) in [7, 11) is 2.05. The molecule has 1 heterocycles. The predicted molar refractivity (Wildman–Crippen MR) is 69.1 cm³/mol. The van der Waals surface area contributed by atoms with Gasteiger partial charge in [-0.05, 0) is 38.2 Å². The van der Waals surface area contributed by atoms with Gasteiger partial charge < -0.3 is 15.1 Å². The van der Waals surface area contributed by atoms with Crippen LogP contribution in [0.2, 0.25) is 0 Å². The Kier molecular flexibility index (Phi) is 4.15. The van der Waals surface area contributed by atoms with Crippen molar-refractivity contribution in [2.24, 2.45) is 0 Å². The minimum atomic E-state index is -0.344. The Labute approximate surface area is 106 Å². The molecule has 4 nitrogen and oxygen atoms in total. The van der Waals surface area contributed by atoms with Crippen molar-refractivity contribution in [2.75, 3.05) is 38.5 Å². The van der Waals surface area contributed by atoms with Gasteiger partial charge in [-0.1, -0.05) is 6.07 Å². The summed E-state index contributed by atoms with van der Waals surface area (Å²) >= 11 is 0. The molecule has 0 bridgehead atoms. The highest BCUT2D eigenvalue weighted by Crippen LogP contribution is 2.11. The van der Waals surface area contributed by atoms with Gasteiger partial charge in [0.2, 0.25) is 0 Å². The highest BCUT2D eigenvalue weighted by molar-refractivity contribution is 5.89. The van der Waals surface area contributed by atoms with E-state index in [1.165, 1.54) is 12.1 Å². The molecule has 98 valence electrons. The monoisotopic (exact) mass is 251 g/mol. The Morgan fingerprint density at radius 3 is 2.89 bits per heavy atom. The van der Waals surface area contributed by atoms with Crippen molar-refractivity contribution in [1.29, 1.82) is 0 Å². The Hall–Kier alpha value is -1.62. The molecule has 0 aromatic heterocycles. The number of halogens is 1. The summed E-state index contributed by atoms with van der Waals surface area (Å²) in [6.07, 6.45) is 0.965. The largest absolute Gasteiger partial charge is 0.323 e. The highest BCUT2D eigenvalue weighted by Gasteiger charge is 2.17. The van der Waals surface area contributed by atoms with Gasteiger partial charge in [0, 0.05) is 25.3 Å². The first-order valence-corrected chi connectivity index (χ1v) is 6.15. The van der Waals surface area contributed by atoms with Gasteiger partial charge in [0.05, 0.1) is 0 Å². The first kappa shape index (κ1) is 12.8. The lowest BCUT2D eigenvalue weighted by atomic mass is 10.3. The molecule has 0 spiro atoms. The molecule has 0 aliphatic carbocycles. The number of carbonyl (C=O) groups is 1. The van der Waals surface area contributed by atoms with Crippen LogP contribution in [0.4, 0.5) is 14.9 Å². The first-order valence-electron chi connectivity index (χ1n) is 6.15. The molecule has 1 saturated heterocycles. The summed E-state index contributed by atoms with van der Waals surface area (Å²) in [4.78, 5) is 16.0. The fourth-order valence-electron chi connectivity index (χ4n) is 2.02. The molecule has 1 aromatic rings. The molecule has 1 N–H and O–H groups in total. The lowest BCUT2D eigenvalue weighted by Crippen LogP contribution is -2.37. The third kappa shape index (κ3) is 3.43. The molecule has 5 heteroatoms. The van der Waals surface area contributed by atoms with Crippen LogP contribution in [-0.4, -0.2) is 49.1 Å². The van der Waals surface area contributed by atoms with Gasteiger partial charge in [0.1, 0.15) is 5.82 Å². The van der Waals surface area contributed by atoms with Crippen molar-refractivity contribution in [3.63, 3.8) is 0 Å². The number of anilines is 1. The van der Waals surface area contributed by atoms with E-state index in [9.17, 15) is 9.18 Å². The second kappa shape index (κ2) is 5.82. The lowest BCUT2D eigenvalue weighted by Gasteiger charge is -2.21. The lowest BCUT2D eigenvalue weighted by molar-refractivity contribution is 0.213. The van der Waals surface area contributed by atoms with Gasteiger partial charge in [-0.2, -0.15) is 0 Å². The predicted octanol–water partition coefficient (Wildman–Crippen LogP) is 2.00. The van der Waals surface area contributed by atoms with Crippen molar-refractivity contribution in [2.45, 2.75) is 6.42 Å². The average molecular weight is 251 g/mol. The Morgan fingerprint density at radius 2 is 2.11 bits per heavy atom. The fraction of sp³-hybridized carbons (Fsp3) is 0.462. The summed E-state index contributed by atoms with van der Waals surface area (Å²) in [6.45, 7) is 3.32. The number of carbonyl (C=O) groups excluding carboxylic acids is 1. The van der Waals surface area contributed by atoms with Crippen molar-refractivity contribution in [1.82, 2.24) is 9.80 Å². The van der Waals surface area contributed by atoms with Gasteiger partial charge in [-0.15, -0.1) is 0 Å². The van der Waals surface area contributed by atoms with Crippen LogP contribution in [0.25, 0.3) is 0 Å². The number of nitrogens with one attached hydrogen (secondary N) is 1. The molecule has 1 aromatic carbocycles. The molecule has 2 rings (SSSR count). The van der Waals surface area contributed by atoms with Gasteiger partial charge in [0.25, 0.3) is 0 Å². The van der Waals surface area contributed by atoms with Crippen LogP contribution in [0.15, 0.2) is 24.3 Å². The van der Waals surface area contributed by atoms with E-state index in [0.29, 0.717) is 12.2 Å². The molecule has 0 saturated carbocycles. The van der Waals surface area contributed by atoms with Crippen LogP contribution in [0, 0.1) is 5.82 Å². The second-order valence-electron chi connectivity index (χ2n) is 4.58. The third-order valence-corrected chi connectivity index (χ3v) is 3.08. The second-order valence-corrected chi connectivity index (χ2v) is 4.58. The zero-order valence-electron chi connectivity index (χ0n) is 10.5. The molecule has 2 amide bonds. The normalized spacial score (nSPS) is 17.3. The maximum absolute atomic E-state index is 13.0. The maximum atomic E-state index is 13.0. The van der Waals surface area contributed by atoms with E-state index in [4.69, 9.17) is 0 Å². The number of urea groups is 1. The molecule has 1 aliphatic heterocycles. The number of nitrogens with zero attached hydrogens (tertiary/aromatic N) is 2. The quantitative estimate of drug-likeness (QED) is 0.828. The highest BCUT2D eigenvalue weighted by atomic mass is 19.1. The van der Waals surface area contributed by atoms with Crippen molar-refractivity contribution < 1.29 is 9.18 Å². The maximum Gasteiger partial charge on any atom is 0.321 e. The molecule has 0 atom stereocenters. The summed E-state index contributed by atoms with van der Waals surface area (Å²) in [5.41, 5.74) is 0.498. The van der Waals surface area contributed by atoms with Crippen LogP contribution in [0.5, 0.6) is 0 Å². The summed E-state index contributed by atoms with van der Waals surface area (Å²) < 4.78 is 13.0. The Morgan fingerprint density at radius 1 is 1.28 bits per heavy atom. The average Bonchev–Trinajstić information content (AvgIpc) is 2.54. The topological polar surface area (TPSA) is 35.6 Å². The zero-order valence-corrected chi connectivity index (χ0v) is 10.5. The zero-order chi connectivity index (χ0) is 13.0. The summed E-state index contributed by atoms with van der Waals surface area (Å²) in [6, 6.07) is 5.79. The molecular weight excluding hydrogens is 233 g/mol. The van der Waals surface area contributed by atoms with E-state index >= 15 is 0 Å². The number of amides is 2. The van der Waals surface area contributed by atoms with E-state index in [-0.39, 0.29) is 11.8 Å². The smallest absolute Gasteiger partial charge is 0.321 e. The minimum absolute atomic E-state index is 0.157. The van der Waals surface area contributed by atoms with Crippen molar-refractivity contribution >= 4 is 11.7 Å². The SMILES string of the molecule is CN1CCCN(C(=O)Nc2cccc(F)c2)CC1. The summed E-state index contributed by atoms with van der Waals surface area (Å²) in [5.74, 6) is -0.344. The van der Waals surface area contributed by atoms with Gasteiger partial charge in [0.15, 0.2) is 0 Å². The van der Waals surface area contributed by atoms with Gasteiger partial charge >= 0.3 is 6.03 Å². The van der Waals surface area contributed by atoms with E-state index in [0.717, 1.165) is 26.1 Å². The molecule has 1 aliphatic rings. The molecule has 0 radical (unpaired) electrons. The molecular formula is C13H18FN3O. The van der Waals surface area contributed by atoms with E-state index in [2.05, 4.69) is 10.2 Å². The van der Waals surface area contributed by atoms with Crippen LogP contribution in [-0.2, 0) is 0 Å². The summed E-state index contributed by atoms with van der Waals surface area (Å²) in [5, 5.41) is 2.72. The van der Waals surface area contributed by atoms with E-state index in [1.54, 1.807) is 17.0 Å². The van der Waals surface area contributed by atoms with Gasteiger partial charge in [-0.3, -0.25) is 0 Å². The van der Waals surface area contributed by atoms with Crippen LogP contribution in [0.1, 0.15) is 6.42 Å². The standard InChI is InChI=1S/C13H18FN3O/c1-16-6-3-7-17(9-8-16)13(18)15-12-5-2-4-11(14)10-12/h2,4-5,10H,3,6-9H2,1H3,(H,15,18). The number of benzene rings is 1. The van der Waals surface area contributed by atoms with Crippen LogP contribution >= 0.6 is 0 Å². The number of likely N-dealkylation sites (N-methyl/N-ethyl adjacent to an activating group) is 1. The molecule has 1 fully saturated rings. The number of hydrogen-bond donors (Lipinski definition) is 1. The van der Waals surface area contributed by atoms with Gasteiger partial charge in [-0.25, -0.2) is 9.18 Å². The van der Waals surface area contributed by atoms with Crippen molar-refractivity contribution in [3.8, 4) is 0 Å². The van der Waals surface area contributed by atoms with Crippen molar-refractivity contribution in [3.05, 3.63) is 30.1 Å². The molecule has 0 unspecified atom stereocenters. The number of rotatable bonds is 1. The fourth-order valence-corrected chi connectivity index (χ4v) is 2.02. The minimum Gasteiger partial charge on any atom is -0.323 e. The first-order chi connectivity index (χ1) is 8.65. The van der Waals surface area contributed by atoms with Crippen LogP contribution < -0.4 is 5.32 Å². The number of hydrogen-bond acceptors (Lipinski definition) is 2. The molecule has 18 heavy (non-hydrogen) atoms.